The van der Waals surface area contributed by atoms with Gasteiger partial charge in [-0.05, 0) is 46.5 Å². The summed E-state index contributed by atoms with van der Waals surface area (Å²) in [5, 5.41) is 12.6. The standard InChI is InChI=1S/C18H30N2O4/c1-6-10-18(13-21,11-7-2)19-15(22)14-9-8-12-20(14)16(23)24-17(3,4)5/h6-7,14,21H,1-2,8-13H2,3-5H3,(H,19,22)/t14-/m0/s1. The molecule has 2 amide bonds. The van der Waals surface area contributed by atoms with Crippen LogP contribution in [0.25, 0.3) is 0 Å². The van der Waals surface area contributed by atoms with E-state index in [4.69, 9.17) is 4.74 Å². The van der Waals surface area contributed by atoms with Gasteiger partial charge in [0.2, 0.25) is 5.91 Å². The van der Waals surface area contributed by atoms with Crippen molar-refractivity contribution in [2.24, 2.45) is 0 Å². The third-order valence-electron chi connectivity index (χ3n) is 3.94. The van der Waals surface area contributed by atoms with Crippen LogP contribution >= 0.6 is 0 Å². The normalized spacial score (nSPS) is 18.2. The molecule has 0 aromatic heterocycles. The van der Waals surface area contributed by atoms with Crippen molar-refractivity contribution >= 4 is 12.0 Å². The first-order valence-electron chi connectivity index (χ1n) is 8.32. The quantitative estimate of drug-likeness (QED) is 0.699. The number of hydrogen-bond acceptors (Lipinski definition) is 4. The van der Waals surface area contributed by atoms with Crippen molar-refractivity contribution < 1.29 is 19.4 Å². The highest BCUT2D eigenvalue weighted by Gasteiger charge is 2.39. The number of nitrogens with zero attached hydrogens (tertiary/aromatic N) is 1. The number of ether oxygens (including phenoxy) is 1. The Morgan fingerprint density at radius 1 is 1.29 bits per heavy atom. The zero-order valence-corrected chi connectivity index (χ0v) is 15.0. The average Bonchev–Trinajstić information content (AvgIpc) is 2.95. The van der Waals surface area contributed by atoms with Crippen molar-refractivity contribution in [3.05, 3.63) is 25.3 Å². The molecule has 6 nitrogen and oxygen atoms in total. The molecular weight excluding hydrogens is 308 g/mol. The van der Waals surface area contributed by atoms with Gasteiger partial charge in [0, 0.05) is 6.54 Å². The zero-order chi connectivity index (χ0) is 18.4. The predicted octanol–water partition coefficient (Wildman–Crippen LogP) is 2.39. The molecule has 6 heteroatoms. The van der Waals surface area contributed by atoms with Crippen molar-refractivity contribution in [2.75, 3.05) is 13.2 Å². The fourth-order valence-electron chi connectivity index (χ4n) is 2.83. The molecule has 0 aliphatic carbocycles. The summed E-state index contributed by atoms with van der Waals surface area (Å²) in [5.74, 6) is -0.281. The van der Waals surface area contributed by atoms with Crippen LogP contribution in [0.3, 0.4) is 0 Å². The van der Waals surface area contributed by atoms with E-state index in [0.717, 1.165) is 6.42 Å². The second kappa shape index (κ2) is 8.33. The van der Waals surface area contributed by atoms with Crippen LogP contribution in [0.4, 0.5) is 4.79 Å². The smallest absolute Gasteiger partial charge is 0.410 e. The van der Waals surface area contributed by atoms with Crippen LogP contribution in [0.15, 0.2) is 25.3 Å². The van der Waals surface area contributed by atoms with Crippen molar-refractivity contribution in [1.82, 2.24) is 10.2 Å². The van der Waals surface area contributed by atoms with Crippen LogP contribution in [-0.2, 0) is 9.53 Å². The number of nitrogens with one attached hydrogen (secondary N) is 1. The Labute approximate surface area is 144 Å². The van der Waals surface area contributed by atoms with Crippen LogP contribution in [0, 0.1) is 0 Å². The Morgan fingerprint density at radius 2 is 1.88 bits per heavy atom. The van der Waals surface area contributed by atoms with E-state index in [1.165, 1.54) is 4.90 Å². The molecule has 0 spiro atoms. The summed E-state index contributed by atoms with van der Waals surface area (Å²) in [7, 11) is 0. The summed E-state index contributed by atoms with van der Waals surface area (Å²) in [6.45, 7) is 13.0. The first-order chi connectivity index (χ1) is 11.2. The summed E-state index contributed by atoms with van der Waals surface area (Å²) in [6.07, 6.45) is 4.98. The van der Waals surface area contributed by atoms with E-state index in [-0.39, 0.29) is 12.5 Å². The van der Waals surface area contributed by atoms with E-state index in [1.807, 2.05) is 0 Å². The third kappa shape index (κ3) is 5.37. The number of amides is 2. The zero-order valence-electron chi connectivity index (χ0n) is 15.0. The highest BCUT2D eigenvalue weighted by molar-refractivity contribution is 5.86. The van der Waals surface area contributed by atoms with Crippen LogP contribution in [0.5, 0.6) is 0 Å². The first-order valence-corrected chi connectivity index (χ1v) is 8.32. The number of carbonyl (C=O) groups excluding carboxylic acids is 2. The molecule has 1 rings (SSSR count). The maximum atomic E-state index is 12.7. The lowest BCUT2D eigenvalue weighted by atomic mass is 9.91. The molecule has 1 atom stereocenters. The summed E-state index contributed by atoms with van der Waals surface area (Å²) < 4.78 is 5.38. The lowest BCUT2D eigenvalue weighted by Gasteiger charge is -2.34. The molecule has 0 aromatic carbocycles. The van der Waals surface area contributed by atoms with E-state index < -0.39 is 23.3 Å². The van der Waals surface area contributed by atoms with Gasteiger partial charge >= 0.3 is 6.09 Å². The largest absolute Gasteiger partial charge is 0.444 e. The minimum atomic E-state index is -0.831. The molecule has 0 saturated carbocycles. The number of hydrogen-bond donors (Lipinski definition) is 2. The number of carbonyl (C=O) groups is 2. The third-order valence-corrected chi connectivity index (χ3v) is 3.94. The Hall–Kier alpha value is -1.82. The first kappa shape index (κ1) is 20.2. The number of likely N-dealkylation sites (tertiary alicyclic amines) is 1. The molecule has 1 saturated heterocycles. The molecule has 1 fully saturated rings. The lowest BCUT2D eigenvalue weighted by Crippen LogP contribution is -2.56. The van der Waals surface area contributed by atoms with Gasteiger partial charge in [0.15, 0.2) is 0 Å². The Kier molecular flexibility index (Phi) is 7.02. The predicted molar refractivity (Wildman–Crippen MR) is 93.5 cm³/mol. The molecule has 1 heterocycles. The SMILES string of the molecule is C=CCC(CO)(CC=C)NC(=O)[C@@H]1CCCN1C(=O)OC(C)(C)C. The van der Waals surface area contributed by atoms with E-state index in [2.05, 4.69) is 18.5 Å². The van der Waals surface area contributed by atoms with Gasteiger partial charge in [-0.2, -0.15) is 0 Å². The highest BCUT2D eigenvalue weighted by Crippen LogP contribution is 2.23. The molecule has 2 N–H and O–H groups in total. The molecule has 1 aliphatic rings. The molecule has 24 heavy (non-hydrogen) atoms. The molecule has 0 aromatic rings. The molecule has 0 unspecified atom stereocenters. The molecule has 0 radical (unpaired) electrons. The van der Waals surface area contributed by atoms with Gasteiger partial charge in [-0.1, -0.05) is 12.2 Å². The lowest BCUT2D eigenvalue weighted by molar-refractivity contribution is -0.128. The molecule has 1 aliphatic heterocycles. The minimum absolute atomic E-state index is 0.226. The fraction of sp³-hybridized carbons (Fsp3) is 0.667. The average molecular weight is 338 g/mol. The van der Waals surface area contributed by atoms with E-state index in [0.29, 0.717) is 25.8 Å². The summed E-state index contributed by atoms with van der Waals surface area (Å²) in [6, 6.07) is -0.583. The Bertz CT molecular complexity index is 472. The highest BCUT2D eigenvalue weighted by atomic mass is 16.6. The second-order valence-electron chi connectivity index (χ2n) is 7.25. The topological polar surface area (TPSA) is 78.9 Å². The fourth-order valence-corrected chi connectivity index (χ4v) is 2.83. The number of rotatable bonds is 7. The van der Waals surface area contributed by atoms with Gasteiger partial charge in [0.25, 0.3) is 0 Å². The van der Waals surface area contributed by atoms with Gasteiger partial charge in [-0.15, -0.1) is 13.2 Å². The maximum Gasteiger partial charge on any atom is 0.410 e. The van der Waals surface area contributed by atoms with Crippen molar-refractivity contribution in [3.8, 4) is 0 Å². The number of aliphatic hydroxyl groups excluding tert-OH is 1. The van der Waals surface area contributed by atoms with Crippen molar-refractivity contribution in [1.29, 1.82) is 0 Å². The van der Waals surface area contributed by atoms with Gasteiger partial charge in [0.1, 0.15) is 11.6 Å². The Morgan fingerprint density at radius 3 is 2.33 bits per heavy atom. The summed E-state index contributed by atoms with van der Waals surface area (Å²) in [4.78, 5) is 26.5. The molecular formula is C18H30N2O4. The van der Waals surface area contributed by atoms with Crippen LogP contribution < -0.4 is 5.32 Å². The summed E-state index contributed by atoms with van der Waals surface area (Å²) >= 11 is 0. The van der Waals surface area contributed by atoms with Gasteiger partial charge in [-0.25, -0.2) is 4.79 Å². The van der Waals surface area contributed by atoms with Crippen molar-refractivity contribution in [3.63, 3.8) is 0 Å². The minimum Gasteiger partial charge on any atom is -0.444 e. The van der Waals surface area contributed by atoms with E-state index in [9.17, 15) is 14.7 Å². The monoisotopic (exact) mass is 338 g/mol. The van der Waals surface area contributed by atoms with Gasteiger partial charge in [-0.3, -0.25) is 9.69 Å². The van der Waals surface area contributed by atoms with Crippen molar-refractivity contribution in [2.45, 2.75) is 63.6 Å². The molecule has 136 valence electrons. The molecule has 0 bridgehead atoms. The maximum absolute atomic E-state index is 12.7. The van der Waals surface area contributed by atoms with Crippen LogP contribution in [0.1, 0.15) is 46.5 Å². The van der Waals surface area contributed by atoms with E-state index >= 15 is 0 Å². The van der Waals surface area contributed by atoms with E-state index in [1.54, 1.807) is 32.9 Å². The number of aliphatic hydroxyl groups is 1. The summed E-state index contributed by atoms with van der Waals surface area (Å²) in [5.41, 5.74) is -1.44. The van der Waals surface area contributed by atoms with Gasteiger partial charge < -0.3 is 15.2 Å². The van der Waals surface area contributed by atoms with Crippen LogP contribution in [0.2, 0.25) is 0 Å². The second-order valence-corrected chi connectivity index (χ2v) is 7.25. The Balaban J connectivity index is 2.85. The van der Waals surface area contributed by atoms with Crippen LogP contribution in [-0.4, -0.2) is 52.3 Å². The van der Waals surface area contributed by atoms with Gasteiger partial charge in [0.05, 0.1) is 12.1 Å².